The lowest BCUT2D eigenvalue weighted by Gasteiger charge is -2.64. The SMILES string of the molecule is C[C@]12CC[C@H](O)C[C@H]1CC[C@@H]1[C@@H]2CC[C@]2(C)[C@@](O)(c3ccncn3)CC[C@]12O. The van der Waals surface area contributed by atoms with Gasteiger partial charge in [0.05, 0.1) is 17.4 Å². The molecule has 4 fully saturated rings. The maximum Gasteiger partial charge on any atom is 0.115 e. The lowest BCUT2D eigenvalue weighted by atomic mass is 9.43. The fraction of sp³-hybridized carbons (Fsp3) is 0.826. The number of rotatable bonds is 1. The van der Waals surface area contributed by atoms with E-state index in [0.29, 0.717) is 30.4 Å². The zero-order valence-electron chi connectivity index (χ0n) is 17.1. The van der Waals surface area contributed by atoms with E-state index >= 15 is 0 Å². The molecule has 0 bridgehead atoms. The molecule has 0 radical (unpaired) electrons. The first kappa shape index (κ1) is 19.0. The number of hydrogen-bond acceptors (Lipinski definition) is 5. The fourth-order valence-corrected chi connectivity index (χ4v) is 8.17. The Balaban J connectivity index is 1.52. The normalized spacial score (nSPS) is 53.2. The molecule has 1 aromatic heterocycles. The number of aliphatic hydroxyl groups is 3. The van der Waals surface area contributed by atoms with E-state index in [1.54, 1.807) is 6.20 Å². The molecule has 1 aromatic rings. The van der Waals surface area contributed by atoms with Crippen LogP contribution in [0.1, 0.15) is 77.3 Å². The number of aromatic nitrogens is 2. The number of fused-ring (bicyclic) bond motifs is 5. The van der Waals surface area contributed by atoms with E-state index in [2.05, 4.69) is 23.8 Å². The van der Waals surface area contributed by atoms with E-state index in [4.69, 9.17) is 0 Å². The standard InChI is InChI=1S/C23H34N2O3/c1-20-8-5-16(26)13-15(20)3-4-18-17(20)6-9-21(2)22(18,27)10-11-23(21,28)19-7-12-24-14-25-19/h7,12,14-18,26-28H,3-6,8-11,13H2,1-2H3/t15-,16+,17+,18-,20+,21+,22+,23+/m1/s1. The van der Waals surface area contributed by atoms with Crippen molar-refractivity contribution in [2.45, 2.75) is 88.9 Å². The second kappa shape index (κ2) is 5.99. The molecule has 4 aliphatic rings. The van der Waals surface area contributed by atoms with Gasteiger partial charge in [-0.2, -0.15) is 0 Å². The first-order valence-corrected chi connectivity index (χ1v) is 11.1. The summed E-state index contributed by atoms with van der Waals surface area (Å²) in [7, 11) is 0. The molecule has 4 saturated carbocycles. The maximum absolute atomic E-state index is 12.2. The molecule has 0 spiro atoms. The van der Waals surface area contributed by atoms with E-state index in [9.17, 15) is 15.3 Å². The van der Waals surface area contributed by atoms with Crippen molar-refractivity contribution in [3.05, 3.63) is 24.3 Å². The first-order valence-electron chi connectivity index (χ1n) is 11.1. The molecule has 154 valence electrons. The van der Waals surface area contributed by atoms with Crippen LogP contribution in [-0.4, -0.2) is 37.0 Å². The molecule has 0 amide bonds. The van der Waals surface area contributed by atoms with Gasteiger partial charge in [-0.05, 0) is 87.0 Å². The third-order valence-corrected chi connectivity index (χ3v) is 9.98. The van der Waals surface area contributed by atoms with Crippen molar-refractivity contribution < 1.29 is 15.3 Å². The van der Waals surface area contributed by atoms with Crippen LogP contribution in [0.5, 0.6) is 0 Å². The smallest absolute Gasteiger partial charge is 0.115 e. The van der Waals surface area contributed by atoms with Gasteiger partial charge in [0, 0.05) is 11.6 Å². The number of aliphatic hydroxyl groups excluding tert-OH is 1. The topological polar surface area (TPSA) is 86.5 Å². The molecular weight excluding hydrogens is 352 g/mol. The first-order chi connectivity index (χ1) is 13.2. The van der Waals surface area contributed by atoms with E-state index in [1.165, 1.54) is 6.33 Å². The van der Waals surface area contributed by atoms with Crippen LogP contribution in [0, 0.1) is 28.6 Å². The Morgan fingerprint density at radius 3 is 2.54 bits per heavy atom. The molecule has 8 atom stereocenters. The maximum atomic E-state index is 12.2. The summed E-state index contributed by atoms with van der Waals surface area (Å²) in [6, 6.07) is 1.81. The van der Waals surface area contributed by atoms with Gasteiger partial charge in [0.1, 0.15) is 11.9 Å². The lowest BCUT2D eigenvalue weighted by Crippen LogP contribution is -2.64. The highest BCUT2D eigenvalue weighted by Gasteiger charge is 2.72. The highest BCUT2D eigenvalue weighted by molar-refractivity contribution is 5.27. The van der Waals surface area contributed by atoms with E-state index in [0.717, 1.165) is 44.9 Å². The van der Waals surface area contributed by atoms with Gasteiger partial charge < -0.3 is 15.3 Å². The second-order valence-electron chi connectivity index (χ2n) is 10.7. The van der Waals surface area contributed by atoms with Gasteiger partial charge in [0.2, 0.25) is 0 Å². The number of nitrogens with zero attached hydrogens (tertiary/aromatic N) is 2. The summed E-state index contributed by atoms with van der Waals surface area (Å²) < 4.78 is 0. The molecule has 3 N–H and O–H groups in total. The second-order valence-corrected chi connectivity index (χ2v) is 10.7. The molecule has 0 saturated heterocycles. The monoisotopic (exact) mass is 386 g/mol. The van der Waals surface area contributed by atoms with Crippen LogP contribution in [0.15, 0.2) is 18.6 Å². The predicted octanol–water partition coefficient (Wildman–Crippen LogP) is 3.18. The minimum Gasteiger partial charge on any atom is -0.393 e. The minimum atomic E-state index is -1.10. The zero-order chi connectivity index (χ0) is 19.8. The van der Waals surface area contributed by atoms with Crippen LogP contribution in [-0.2, 0) is 5.60 Å². The molecule has 5 rings (SSSR count). The molecule has 5 heteroatoms. The Kier molecular flexibility index (Phi) is 4.06. The van der Waals surface area contributed by atoms with Gasteiger partial charge in [0.25, 0.3) is 0 Å². The van der Waals surface area contributed by atoms with E-state index in [-0.39, 0.29) is 17.4 Å². The van der Waals surface area contributed by atoms with Crippen molar-refractivity contribution in [1.82, 2.24) is 9.97 Å². The van der Waals surface area contributed by atoms with Crippen LogP contribution in [0.2, 0.25) is 0 Å². The van der Waals surface area contributed by atoms with Gasteiger partial charge >= 0.3 is 0 Å². The Labute approximate surface area is 167 Å². The predicted molar refractivity (Wildman–Crippen MR) is 105 cm³/mol. The van der Waals surface area contributed by atoms with Crippen molar-refractivity contribution in [3.63, 3.8) is 0 Å². The summed E-state index contributed by atoms with van der Waals surface area (Å²) >= 11 is 0. The molecule has 1 heterocycles. The Hall–Kier alpha value is -1.04. The van der Waals surface area contributed by atoms with E-state index in [1.807, 2.05) is 6.07 Å². The third-order valence-electron chi connectivity index (χ3n) is 9.98. The molecule has 0 aromatic carbocycles. The molecule has 4 aliphatic carbocycles. The summed E-state index contributed by atoms with van der Waals surface area (Å²) in [5.41, 5.74) is -1.70. The summed E-state index contributed by atoms with van der Waals surface area (Å²) in [6.45, 7) is 4.51. The van der Waals surface area contributed by atoms with Crippen LogP contribution in [0.3, 0.4) is 0 Å². The van der Waals surface area contributed by atoms with Crippen LogP contribution < -0.4 is 0 Å². The quantitative estimate of drug-likeness (QED) is 0.690. The fourth-order valence-electron chi connectivity index (χ4n) is 8.17. The van der Waals surface area contributed by atoms with Crippen molar-refractivity contribution >= 4 is 0 Å². The average Bonchev–Trinajstić information content (AvgIpc) is 2.91. The van der Waals surface area contributed by atoms with Crippen molar-refractivity contribution in [2.75, 3.05) is 0 Å². The summed E-state index contributed by atoms with van der Waals surface area (Å²) in [6.07, 6.45) is 11.0. The van der Waals surface area contributed by atoms with E-state index < -0.39 is 16.6 Å². The molecular formula is C23H34N2O3. The lowest BCUT2D eigenvalue weighted by molar-refractivity contribution is -0.239. The Morgan fingerprint density at radius 1 is 0.964 bits per heavy atom. The van der Waals surface area contributed by atoms with Gasteiger partial charge in [-0.25, -0.2) is 9.97 Å². The van der Waals surface area contributed by atoms with Crippen molar-refractivity contribution in [3.8, 4) is 0 Å². The van der Waals surface area contributed by atoms with Gasteiger partial charge in [-0.3, -0.25) is 0 Å². The molecule has 5 nitrogen and oxygen atoms in total. The van der Waals surface area contributed by atoms with Crippen LogP contribution >= 0.6 is 0 Å². The Bertz CT molecular complexity index is 759. The third kappa shape index (κ3) is 2.19. The highest BCUT2D eigenvalue weighted by atomic mass is 16.3. The van der Waals surface area contributed by atoms with Crippen molar-refractivity contribution in [2.24, 2.45) is 28.6 Å². The molecule has 0 aliphatic heterocycles. The summed E-state index contributed by atoms with van der Waals surface area (Å²) in [5, 5.41) is 34.2. The minimum absolute atomic E-state index is 0.152. The summed E-state index contributed by atoms with van der Waals surface area (Å²) in [4.78, 5) is 8.40. The number of hydrogen-bond donors (Lipinski definition) is 3. The van der Waals surface area contributed by atoms with Crippen LogP contribution in [0.25, 0.3) is 0 Å². The molecule has 28 heavy (non-hydrogen) atoms. The van der Waals surface area contributed by atoms with Crippen molar-refractivity contribution in [1.29, 1.82) is 0 Å². The average molecular weight is 387 g/mol. The zero-order valence-corrected chi connectivity index (χ0v) is 17.1. The Morgan fingerprint density at radius 2 is 1.79 bits per heavy atom. The van der Waals surface area contributed by atoms with Gasteiger partial charge in [-0.1, -0.05) is 13.8 Å². The highest BCUT2D eigenvalue weighted by Crippen LogP contribution is 2.71. The van der Waals surface area contributed by atoms with Gasteiger partial charge in [0.15, 0.2) is 0 Å². The largest absolute Gasteiger partial charge is 0.393 e. The van der Waals surface area contributed by atoms with Crippen LogP contribution in [0.4, 0.5) is 0 Å². The summed E-state index contributed by atoms with van der Waals surface area (Å²) in [5.74, 6) is 1.26. The molecule has 0 unspecified atom stereocenters. The van der Waals surface area contributed by atoms with Gasteiger partial charge in [-0.15, -0.1) is 0 Å².